The molecule has 0 bridgehead atoms. The van der Waals surface area contributed by atoms with Gasteiger partial charge >= 0.3 is 0 Å². The predicted octanol–water partition coefficient (Wildman–Crippen LogP) is 4.20. The number of pyridine rings is 1. The number of aromatic nitrogens is 2. The lowest BCUT2D eigenvalue weighted by Gasteiger charge is -2.09. The molecule has 1 aromatic carbocycles. The van der Waals surface area contributed by atoms with Crippen LogP contribution in [-0.4, -0.2) is 21.9 Å². The minimum absolute atomic E-state index is 0.120. The number of ether oxygens (including phenoxy) is 1. The van der Waals surface area contributed by atoms with Gasteiger partial charge in [-0.1, -0.05) is 25.4 Å². The number of imidazole rings is 1. The van der Waals surface area contributed by atoms with E-state index in [1.54, 1.807) is 12.3 Å². The topological polar surface area (TPSA) is 55.6 Å². The Labute approximate surface area is 151 Å². The minimum atomic E-state index is -0.120. The van der Waals surface area contributed by atoms with Crippen molar-refractivity contribution in [2.75, 3.05) is 11.9 Å². The third-order valence-corrected chi connectivity index (χ3v) is 3.75. The highest BCUT2D eigenvalue weighted by atomic mass is 35.5. The van der Waals surface area contributed by atoms with Gasteiger partial charge in [-0.3, -0.25) is 4.79 Å². The third-order valence-electron chi connectivity index (χ3n) is 3.53. The molecule has 6 heteroatoms. The lowest BCUT2D eigenvalue weighted by molar-refractivity contribution is -0.115. The monoisotopic (exact) mass is 357 g/mol. The number of nitrogens with one attached hydrogen (secondary N) is 1. The number of fused-ring (bicyclic) bond motifs is 1. The van der Waals surface area contributed by atoms with E-state index in [-0.39, 0.29) is 12.3 Å². The van der Waals surface area contributed by atoms with Gasteiger partial charge in [0.05, 0.1) is 23.7 Å². The summed E-state index contributed by atoms with van der Waals surface area (Å²) >= 11 is 5.96. The van der Waals surface area contributed by atoms with E-state index in [0.717, 1.165) is 17.1 Å². The number of carbonyl (C=O) groups is 1. The van der Waals surface area contributed by atoms with Crippen molar-refractivity contribution in [1.82, 2.24) is 9.38 Å². The van der Waals surface area contributed by atoms with Crippen molar-refractivity contribution in [2.24, 2.45) is 5.92 Å². The molecule has 0 atom stereocenters. The highest BCUT2D eigenvalue weighted by Crippen LogP contribution is 2.17. The Morgan fingerprint density at radius 3 is 2.68 bits per heavy atom. The van der Waals surface area contributed by atoms with Crippen molar-refractivity contribution in [3.63, 3.8) is 0 Å². The van der Waals surface area contributed by atoms with Gasteiger partial charge in [-0.2, -0.15) is 0 Å². The second-order valence-electron chi connectivity index (χ2n) is 6.30. The number of rotatable bonds is 6. The lowest BCUT2D eigenvalue weighted by atomic mass is 10.2. The van der Waals surface area contributed by atoms with Crippen LogP contribution >= 0.6 is 11.6 Å². The van der Waals surface area contributed by atoms with Gasteiger partial charge in [0.1, 0.15) is 11.4 Å². The van der Waals surface area contributed by atoms with Crippen LogP contribution < -0.4 is 10.1 Å². The summed E-state index contributed by atoms with van der Waals surface area (Å²) in [5.74, 6) is 1.15. The Morgan fingerprint density at radius 2 is 1.96 bits per heavy atom. The van der Waals surface area contributed by atoms with Crippen LogP contribution in [0.15, 0.2) is 48.8 Å². The molecular formula is C19H20ClN3O2. The van der Waals surface area contributed by atoms with Crippen LogP contribution in [0.4, 0.5) is 5.69 Å². The summed E-state index contributed by atoms with van der Waals surface area (Å²) in [7, 11) is 0. The summed E-state index contributed by atoms with van der Waals surface area (Å²) in [6.07, 6.45) is 3.77. The number of benzene rings is 1. The zero-order chi connectivity index (χ0) is 17.8. The van der Waals surface area contributed by atoms with Crippen molar-refractivity contribution in [1.29, 1.82) is 0 Å². The number of nitrogens with zero attached hydrogens (tertiary/aromatic N) is 2. The van der Waals surface area contributed by atoms with Crippen LogP contribution in [0.25, 0.3) is 5.65 Å². The second kappa shape index (κ2) is 7.57. The van der Waals surface area contributed by atoms with Gasteiger partial charge in [-0.15, -0.1) is 0 Å². The number of amides is 1. The fourth-order valence-corrected chi connectivity index (χ4v) is 2.54. The van der Waals surface area contributed by atoms with Gasteiger partial charge in [0.25, 0.3) is 0 Å². The SMILES string of the molecule is CC(C)COc1ccc(NC(=O)Cc2cn3cc(Cl)ccc3n2)cc1. The molecule has 130 valence electrons. The molecule has 2 heterocycles. The number of hydrogen-bond donors (Lipinski definition) is 1. The van der Waals surface area contributed by atoms with E-state index in [1.165, 1.54) is 0 Å². The number of carbonyl (C=O) groups excluding carboxylic acids is 1. The predicted molar refractivity (Wildman–Crippen MR) is 99.3 cm³/mol. The van der Waals surface area contributed by atoms with Gasteiger partial charge in [0, 0.05) is 18.1 Å². The fourth-order valence-electron chi connectivity index (χ4n) is 2.37. The number of hydrogen-bond acceptors (Lipinski definition) is 3. The Balaban J connectivity index is 1.59. The molecule has 2 aromatic heterocycles. The summed E-state index contributed by atoms with van der Waals surface area (Å²) in [4.78, 5) is 16.6. The van der Waals surface area contributed by atoms with Crippen molar-refractivity contribution >= 4 is 28.8 Å². The quantitative estimate of drug-likeness (QED) is 0.719. The maximum absolute atomic E-state index is 12.2. The molecule has 1 amide bonds. The van der Waals surface area contributed by atoms with Crippen LogP contribution in [0.3, 0.4) is 0 Å². The van der Waals surface area contributed by atoms with E-state index in [9.17, 15) is 4.79 Å². The zero-order valence-corrected chi connectivity index (χ0v) is 15.0. The first-order chi connectivity index (χ1) is 12.0. The molecule has 5 nitrogen and oxygen atoms in total. The average molecular weight is 358 g/mol. The van der Waals surface area contributed by atoms with Crippen LogP contribution in [0.2, 0.25) is 5.02 Å². The van der Waals surface area contributed by atoms with E-state index in [4.69, 9.17) is 16.3 Å². The van der Waals surface area contributed by atoms with Crippen LogP contribution in [-0.2, 0) is 11.2 Å². The minimum Gasteiger partial charge on any atom is -0.493 e. The van der Waals surface area contributed by atoms with Gasteiger partial charge in [-0.05, 0) is 42.3 Å². The molecule has 0 radical (unpaired) electrons. The maximum atomic E-state index is 12.2. The Morgan fingerprint density at radius 1 is 1.20 bits per heavy atom. The van der Waals surface area contributed by atoms with Crippen LogP contribution in [0, 0.1) is 5.92 Å². The van der Waals surface area contributed by atoms with E-state index in [0.29, 0.717) is 23.2 Å². The Kier molecular flexibility index (Phi) is 5.24. The van der Waals surface area contributed by atoms with Crippen molar-refractivity contribution in [3.05, 3.63) is 59.5 Å². The molecule has 0 aliphatic rings. The van der Waals surface area contributed by atoms with Crippen molar-refractivity contribution in [2.45, 2.75) is 20.3 Å². The highest BCUT2D eigenvalue weighted by molar-refractivity contribution is 6.30. The van der Waals surface area contributed by atoms with Gasteiger partial charge in [0.2, 0.25) is 5.91 Å². The van der Waals surface area contributed by atoms with Crippen LogP contribution in [0.1, 0.15) is 19.5 Å². The van der Waals surface area contributed by atoms with Crippen molar-refractivity contribution in [3.8, 4) is 5.75 Å². The van der Waals surface area contributed by atoms with Gasteiger partial charge in [-0.25, -0.2) is 4.98 Å². The standard InChI is InChI=1S/C19H20ClN3O2/c1-13(2)12-25-17-6-4-15(5-7-17)22-19(24)9-16-11-23-10-14(20)3-8-18(23)21-16/h3-8,10-11,13H,9,12H2,1-2H3,(H,22,24). The fraction of sp³-hybridized carbons (Fsp3) is 0.263. The smallest absolute Gasteiger partial charge is 0.230 e. The molecule has 0 saturated carbocycles. The molecule has 0 fully saturated rings. The summed E-state index contributed by atoms with van der Waals surface area (Å²) < 4.78 is 7.44. The second-order valence-corrected chi connectivity index (χ2v) is 6.74. The first-order valence-electron chi connectivity index (χ1n) is 8.15. The summed E-state index contributed by atoms with van der Waals surface area (Å²) in [6.45, 7) is 4.87. The third kappa shape index (κ3) is 4.73. The van der Waals surface area contributed by atoms with E-state index in [1.807, 2.05) is 40.9 Å². The van der Waals surface area contributed by atoms with Gasteiger partial charge in [0.15, 0.2) is 0 Å². The highest BCUT2D eigenvalue weighted by Gasteiger charge is 2.09. The molecule has 0 unspecified atom stereocenters. The summed E-state index contributed by atoms with van der Waals surface area (Å²) in [6, 6.07) is 11.0. The molecule has 25 heavy (non-hydrogen) atoms. The lowest BCUT2D eigenvalue weighted by Crippen LogP contribution is -2.14. The normalized spacial score (nSPS) is 11.0. The summed E-state index contributed by atoms with van der Waals surface area (Å²) in [5, 5.41) is 3.49. The largest absolute Gasteiger partial charge is 0.493 e. The van der Waals surface area contributed by atoms with E-state index in [2.05, 4.69) is 24.1 Å². The van der Waals surface area contributed by atoms with Crippen molar-refractivity contribution < 1.29 is 9.53 Å². The molecular weight excluding hydrogens is 338 g/mol. The van der Waals surface area contributed by atoms with E-state index >= 15 is 0 Å². The Hall–Kier alpha value is -2.53. The summed E-state index contributed by atoms with van der Waals surface area (Å²) in [5.41, 5.74) is 2.18. The molecule has 3 aromatic rings. The molecule has 1 N–H and O–H groups in total. The van der Waals surface area contributed by atoms with E-state index < -0.39 is 0 Å². The zero-order valence-electron chi connectivity index (χ0n) is 14.2. The molecule has 0 spiro atoms. The molecule has 0 aliphatic carbocycles. The molecule has 0 saturated heterocycles. The van der Waals surface area contributed by atoms with Crippen LogP contribution in [0.5, 0.6) is 5.75 Å². The Bertz CT molecular complexity index is 872. The average Bonchev–Trinajstić information content (AvgIpc) is 2.95. The molecule has 3 rings (SSSR count). The van der Waals surface area contributed by atoms with Gasteiger partial charge < -0.3 is 14.5 Å². The first kappa shape index (κ1) is 17.3. The number of halogens is 1. The first-order valence-corrected chi connectivity index (χ1v) is 8.53. The number of anilines is 1. The maximum Gasteiger partial charge on any atom is 0.230 e. The molecule has 0 aliphatic heterocycles.